The van der Waals surface area contributed by atoms with E-state index in [4.69, 9.17) is 88.3 Å². The number of hydrogen-bond acceptors (Lipinski definition) is 0. The fourth-order valence-electron chi connectivity index (χ4n) is 5.23. The van der Waals surface area contributed by atoms with E-state index in [1.807, 2.05) is 0 Å². The van der Waals surface area contributed by atoms with Crippen LogP contribution in [0.25, 0.3) is 5.57 Å². The van der Waals surface area contributed by atoms with Crippen molar-refractivity contribution in [1.82, 2.24) is 0 Å². The second-order valence-electron chi connectivity index (χ2n) is 11.1. The van der Waals surface area contributed by atoms with Gasteiger partial charge in [-0.2, -0.15) is 0 Å². The van der Waals surface area contributed by atoms with Gasteiger partial charge in [-0.05, 0) is 89.5 Å². The summed E-state index contributed by atoms with van der Waals surface area (Å²) in [6.07, 6.45) is 9.95. The molecule has 6 rings (SSSR count). The SMILES string of the molecule is C1=C[C+](Cc2ccc([C+](c3ccccc3)c3ccccc3)cc2)C=CC1=C(c1ccccc1)c1ccccc1.[Cl-].[Cl-].[Cl][Sb]([Cl])([Cl])([Cl])[Cl].[Cl][Sb]([Cl])([Cl])([Cl])[Cl]. The second kappa shape index (κ2) is 21.8. The van der Waals surface area contributed by atoms with Gasteiger partial charge in [0.1, 0.15) is 0 Å². The number of benzene rings is 5. The van der Waals surface area contributed by atoms with E-state index in [-0.39, 0.29) is 24.8 Å². The summed E-state index contributed by atoms with van der Waals surface area (Å²) in [5, 5.41) is 0. The van der Waals surface area contributed by atoms with Crippen LogP contribution in [0, 0.1) is 11.8 Å². The van der Waals surface area contributed by atoms with Crippen molar-refractivity contribution in [2.24, 2.45) is 0 Å². The number of halogens is 12. The van der Waals surface area contributed by atoms with Crippen molar-refractivity contribution in [2.75, 3.05) is 0 Å². The van der Waals surface area contributed by atoms with Crippen molar-refractivity contribution >= 4 is 117 Å². The van der Waals surface area contributed by atoms with Gasteiger partial charge < -0.3 is 24.8 Å². The molecule has 5 aromatic rings. The van der Waals surface area contributed by atoms with Gasteiger partial charge in [0.15, 0.2) is 0 Å². The van der Waals surface area contributed by atoms with Gasteiger partial charge >= 0.3 is 112 Å². The zero-order chi connectivity index (χ0) is 37.2. The standard InChI is InChI=1S/C39H30.12ClH.2Sb/c1-5-13-32(14-6-1)38(33-15-7-2-8-16-33)36-25-21-30(22-26-36)29-31-23-27-37(28-24-31)39(34-17-9-3-10-18-34)35-19-11-4-12-20-35;;;;;;;;;;;;;;/h1-28H,29H2;12*1H;;/q+2;;;;;;;;;;;;;2*+5/p-12. The molecule has 280 valence electrons. The maximum atomic E-state index is 5.05. The number of rotatable bonds is 7. The van der Waals surface area contributed by atoms with Crippen LogP contribution in [-0.2, 0) is 6.42 Å². The second-order valence-corrected chi connectivity index (χ2v) is 86.9. The van der Waals surface area contributed by atoms with Gasteiger partial charge in [-0.25, -0.2) is 0 Å². The Hall–Kier alpha value is 0.176. The minimum atomic E-state index is -4.33. The molecule has 0 heterocycles. The third-order valence-electron chi connectivity index (χ3n) is 7.14. The Balaban J connectivity index is 0.000000604. The minimum absolute atomic E-state index is 0. The molecule has 0 unspecified atom stereocenters. The van der Waals surface area contributed by atoms with Crippen LogP contribution in [0.1, 0.15) is 33.4 Å². The summed E-state index contributed by atoms with van der Waals surface area (Å²) in [6, 6.07) is 51.7. The first-order valence-corrected chi connectivity index (χ1v) is 47.5. The van der Waals surface area contributed by atoms with Gasteiger partial charge in [0, 0.05) is 24.1 Å². The molecule has 0 saturated carbocycles. The van der Waals surface area contributed by atoms with Crippen LogP contribution in [0.15, 0.2) is 175 Å². The van der Waals surface area contributed by atoms with Crippen LogP contribution in [0.4, 0.5) is 0 Å². The Labute approximate surface area is 364 Å². The van der Waals surface area contributed by atoms with E-state index in [1.54, 1.807) is 0 Å². The molecule has 0 atom stereocenters. The van der Waals surface area contributed by atoms with Crippen LogP contribution in [0.5, 0.6) is 0 Å². The van der Waals surface area contributed by atoms with Gasteiger partial charge in [0.05, 0.1) is 46.3 Å². The summed E-state index contributed by atoms with van der Waals surface area (Å²) < 4.78 is 0. The monoisotopic (exact) mass is 1160 g/mol. The van der Waals surface area contributed by atoms with Crippen molar-refractivity contribution in [3.8, 4) is 0 Å². The Kier molecular flexibility index (Phi) is 20.3. The molecule has 0 bridgehead atoms. The molecule has 53 heavy (non-hydrogen) atoms. The molecule has 5 aromatic carbocycles. The first kappa shape index (κ1) is 49.3. The Morgan fingerprint density at radius 1 is 0.434 bits per heavy atom. The molecule has 0 spiro atoms. The predicted molar refractivity (Wildman–Crippen MR) is 234 cm³/mol. The zero-order valence-corrected chi connectivity index (χ0v) is 41.5. The summed E-state index contributed by atoms with van der Waals surface area (Å²) in [4.78, 5) is 0. The molecule has 0 amide bonds. The van der Waals surface area contributed by atoms with E-state index >= 15 is 0 Å². The predicted octanol–water partition coefficient (Wildman–Crippen LogP) is 9.59. The van der Waals surface area contributed by atoms with Crippen LogP contribution in [-0.4, -0.2) is 23.4 Å². The molecule has 0 radical (unpaired) electrons. The third-order valence-corrected chi connectivity index (χ3v) is 7.14. The van der Waals surface area contributed by atoms with E-state index in [9.17, 15) is 0 Å². The van der Waals surface area contributed by atoms with Gasteiger partial charge in [-0.3, -0.25) is 0 Å². The zero-order valence-electron chi connectivity index (χ0n) is 27.3. The van der Waals surface area contributed by atoms with Gasteiger partial charge in [-0.1, -0.05) is 72.8 Å². The Morgan fingerprint density at radius 3 is 1.08 bits per heavy atom. The van der Waals surface area contributed by atoms with Crippen molar-refractivity contribution in [1.29, 1.82) is 0 Å². The summed E-state index contributed by atoms with van der Waals surface area (Å²) in [5.41, 5.74) is 9.96. The molecule has 0 aromatic heterocycles. The first-order valence-electron chi connectivity index (χ1n) is 15.2. The number of allylic oxidation sites excluding steroid dienone is 5. The maximum absolute atomic E-state index is 5.05. The molecular weight excluding hydrogens is 1140 g/mol. The molecule has 0 nitrogen and oxygen atoms in total. The fraction of sp³-hybridized carbons (Fsp3) is 0.0256. The van der Waals surface area contributed by atoms with Crippen molar-refractivity contribution in [2.45, 2.75) is 6.42 Å². The van der Waals surface area contributed by atoms with Crippen molar-refractivity contribution < 1.29 is 24.8 Å². The van der Waals surface area contributed by atoms with Crippen LogP contribution >= 0.6 is 88.3 Å². The fourth-order valence-corrected chi connectivity index (χ4v) is 5.23. The summed E-state index contributed by atoms with van der Waals surface area (Å²) >= 11 is -8.66. The van der Waals surface area contributed by atoms with E-state index in [1.165, 1.54) is 56.4 Å². The Morgan fingerprint density at radius 2 is 0.736 bits per heavy atom. The quantitative estimate of drug-likeness (QED) is 0.0867. The summed E-state index contributed by atoms with van der Waals surface area (Å²) in [7, 11) is 50.5. The topological polar surface area (TPSA) is 0 Å². The Bertz CT molecular complexity index is 1780. The molecule has 0 fully saturated rings. The van der Waals surface area contributed by atoms with Crippen LogP contribution < -0.4 is 24.8 Å². The summed E-state index contributed by atoms with van der Waals surface area (Å²) in [5.74, 6) is 2.57. The molecule has 14 heteroatoms. The van der Waals surface area contributed by atoms with Crippen molar-refractivity contribution in [3.05, 3.63) is 221 Å². The number of hydrogen-bond donors (Lipinski definition) is 0. The molecule has 0 aliphatic heterocycles. The molecule has 0 saturated heterocycles. The van der Waals surface area contributed by atoms with Gasteiger partial charge in [0.25, 0.3) is 0 Å². The average Bonchev–Trinajstić information content (AvgIpc) is 3.06. The summed E-state index contributed by atoms with van der Waals surface area (Å²) in [6.45, 7) is 0. The van der Waals surface area contributed by atoms with E-state index < -0.39 is 23.4 Å². The van der Waals surface area contributed by atoms with E-state index in [2.05, 4.69) is 170 Å². The van der Waals surface area contributed by atoms with Gasteiger partial charge in [0.2, 0.25) is 0 Å². The van der Waals surface area contributed by atoms with Crippen LogP contribution in [0.2, 0.25) is 0 Å². The molecular formula is C39H30Cl12Sb2. The van der Waals surface area contributed by atoms with Crippen LogP contribution in [0.3, 0.4) is 0 Å². The van der Waals surface area contributed by atoms with Gasteiger partial charge in [-0.15, -0.1) is 0 Å². The molecule has 1 aliphatic rings. The third kappa shape index (κ3) is 20.4. The van der Waals surface area contributed by atoms with Crippen molar-refractivity contribution in [3.63, 3.8) is 0 Å². The van der Waals surface area contributed by atoms with E-state index in [0.29, 0.717) is 0 Å². The van der Waals surface area contributed by atoms with E-state index in [0.717, 1.165) is 6.42 Å². The first-order chi connectivity index (χ1) is 23.8. The molecule has 0 N–H and O–H groups in total. The normalized spacial score (nSPS) is 13.5. The average molecular weight is 1170 g/mol. The molecule has 1 aliphatic carbocycles.